The SMILES string of the molecule is N=CC1CCC(CN2CC(c3ccc(-n4c(C5=CCCN=C5N)nc5ccc(-c6ccccc6)nc54)cc3)C2)CC1. The number of dihydropyridines is 1. The first-order chi connectivity index (χ1) is 20.2. The number of aromatic nitrogens is 3. The van der Waals surface area contributed by atoms with Crippen LogP contribution >= 0.6 is 0 Å². The van der Waals surface area contributed by atoms with Gasteiger partial charge < -0.3 is 16.0 Å². The number of fused-ring (bicyclic) bond motifs is 1. The van der Waals surface area contributed by atoms with Crippen LogP contribution in [0, 0.1) is 17.2 Å². The Morgan fingerprint density at radius 2 is 1.68 bits per heavy atom. The van der Waals surface area contributed by atoms with E-state index in [0.29, 0.717) is 24.2 Å². The van der Waals surface area contributed by atoms with Gasteiger partial charge in [-0.15, -0.1) is 0 Å². The molecule has 1 saturated heterocycles. The van der Waals surface area contributed by atoms with Gasteiger partial charge in [-0.25, -0.2) is 9.97 Å². The molecule has 4 heterocycles. The summed E-state index contributed by atoms with van der Waals surface area (Å²) in [6.07, 6.45) is 9.56. The standard InChI is InChI=1S/C34H37N7/c35-19-23-8-10-24(11-9-23)20-40-21-27(22-40)25-12-14-28(15-13-25)41-33(29-7-4-18-37-32(29)36)39-31-17-16-30(38-34(31)41)26-5-2-1-3-6-26/h1-3,5-7,12-17,19,23-24,27,35H,4,8-11,18,20-22H2,(H2,36,37). The maximum absolute atomic E-state index is 7.53. The highest BCUT2D eigenvalue weighted by Crippen LogP contribution is 2.34. The van der Waals surface area contributed by atoms with Gasteiger partial charge >= 0.3 is 0 Å². The van der Waals surface area contributed by atoms with Crippen LogP contribution in [-0.2, 0) is 0 Å². The van der Waals surface area contributed by atoms with E-state index in [-0.39, 0.29) is 0 Å². The fourth-order valence-electron chi connectivity index (χ4n) is 6.67. The molecule has 3 aliphatic rings. The van der Waals surface area contributed by atoms with Crippen molar-refractivity contribution in [2.24, 2.45) is 22.6 Å². The van der Waals surface area contributed by atoms with E-state index < -0.39 is 0 Å². The van der Waals surface area contributed by atoms with Crippen molar-refractivity contribution in [3.63, 3.8) is 0 Å². The van der Waals surface area contributed by atoms with Gasteiger partial charge in [0.1, 0.15) is 17.2 Å². The van der Waals surface area contributed by atoms with Crippen LogP contribution in [0.4, 0.5) is 0 Å². The Bertz CT molecular complexity index is 1600. The third-order valence-corrected chi connectivity index (χ3v) is 9.07. The monoisotopic (exact) mass is 543 g/mol. The van der Waals surface area contributed by atoms with Crippen LogP contribution in [0.25, 0.3) is 33.7 Å². The molecule has 41 heavy (non-hydrogen) atoms. The average molecular weight is 544 g/mol. The topological polar surface area (TPSA) is 96.2 Å². The molecule has 0 amide bonds. The van der Waals surface area contributed by atoms with E-state index in [0.717, 1.165) is 64.9 Å². The molecule has 1 aliphatic carbocycles. The molecule has 7 rings (SSSR count). The summed E-state index contributed by atoms with van der Waals surface area (Å²) in [6.45, 7) is 4.18. The molecule has 7 nitrogen and oxygen atoms in total. The third kappa shape index (κ3) is 5.10. The smallest absolute Gasteiger partial charge is 0.165 e. The van der Waals surface area contributed by atoms with Crippen molar-refractivity contribution in [3.8, 4) is 16.9 Å². The molecule has 2 aromatic heterocycles. The van der Waals surface area contributed by atoms with E-state index in [9.17, 15) is 0 Å². The fraction of sp³-hybridized carbons (Fsp3) is 0.353. The maximum atomic E-state index is 7.53. The van der Waals surface area contributed by atoms with Gasteiger partial charge in [0.05, 0.1) is 11.3 Å². The first-order valence-corrected chi connectivity index (χ1v) is 15.0. The van der Waals surface area contributed by atoms with Crippen LogP contribution < -0.4 is 5.73 Å². The Labute approximate surface area is 241 Å². The summed E-state index contributed by atoms with van der Waals surface area (Å²) in [5, 5.41) is 7.53. The van der Waals surface area contributed by atoms with Crippen molar-refractivity contribution in [2.45, 2.75) is 38.0 Å². The predicted molar refractivity (Wildman–Crippen MR) is 167 cm³/mol. The number of pyridine rings is 1. The van der Waals surface area contributed by atoms with Gasteiger partial charge in [-0.05, 0) is 80.0 Å². The highest BCUT2D eigenvalue weighted by molar-refractivity contribution is 6.22. The van der Waals surface area contributed by atoms with Gasteiger partial charge in [0.15, 0.2) is 5.65 Å². The summed E-state index contributed by atoms with van der Waals surface area (Å²) in [5.41, 5.74) is 13.3. The van der Waals surface area contributed by atoms with Gasteiger partial charge in [-0.3, -0.25) is 9.56 Å². The highest BCUT2D eigenvalue weighted by Gasteiger charge is 2.31. The number of benzene rings is 2. The Morgan fingerprint density at radius 3 is 2.41 bits per heavy atom. The molecule has 208 valence electrons. The Kier molecular flexibility index (Phi) is 6.97. The van der Waals surface area contributed by atoms with Crippen molar-refractivity contribution in [3.05, 3.63) is 84.2 Å². The van der Waals surface area contributed by atoms with Crippen molar-refractivity contribution < 1.29 is 0 Å². The van der Waals surface area contributed by atoms with Gasteiger partial charge in [0, 0.05) is 43.3 Å². The number of rotatable bonds is 7. The first kappa shape index (κ1) is 25.8. The first-order valence-electron chi connectivity index (χ1n) is 15.0. The third-order valence-electron chi connectivity index (χ3n) is 9.07. The maximum Gasteiger partial charge on any atom is 0.165 e. The number of imidazole rings is 1. The van der Waals surface area contributed by atoms with Crippen molar-refractivity contribution >= 4 is 28.8 Å². The number of nitrogens with one attached hydrogen (secondary N) is 1. The summed E-state index contributed by atoms with van der Waals surface area (Å²) < 4.78 is 2.14. The highest BCUT2D eigenvalue weighted by atomic mass is 15.2. The van der Waals surface area contributed by atoms with Gasteiger partial charge in [-0.1, -0.05) is 48.5 Å². The molecule has 2 aromatic carbocycles. The number of likely N-dealkylation sites (tertiary alicyclic amines) is 1. The van der Waals surface area contributed by atoms with Gasteiger partial charge in [-0.2, -0.15) is 0 Å². The van der Waals surface area contributed by atoms with Crippen LogP contribution in [0.5, 0.6) is 0 Å². The molecule has 2 fully saturated rings. The summed E-state index contributed by atoms with van der Waals surface area (Å²) >= 11 is 0. The lowest BCUT2D eigenvalue weighted by atomic mass is 9.81. The fourth-order valence-corrected chi connectivity index (χ4v) is 6.67. The second kappa shape index (κ2) is 11.1. The zero-order chi connectivity index (χ0) is 27.8. The summed E-state index contributed by atoms with van der Waals surface area (Å²) in [7, 11) is 0. The lowest BCUT2D eigenvalue weighted by molar-refractivity contribution is 0.108. The van der Waals surface area contributed by atoms with Crippen LogP contribution in [-0.4, -0.2) is 57.7 Å². The normalized spacial score (nSPS) is 21.8. The van der Waals surface area contributed by atoms with E-state index in [1.165, 1.54) is 37.8 Å². The summed E-state index contributed by atoms with van der Waals surface area (Å²) in [5.74, 6) is 3.21. The number of amidine groups is 1. The van der Waals surface area contributed by atoms with Crippen LogP contribution in [0.2, 0.25) is 0 Å². The molecule has 1 saturated carbocycles. The van der Waals surface area contributed by atoms with Crippen molar-refractivity contribution in [2.75, 3.05) is 26.2 Å². The van der Waals surface area contributed by atoms with Crippen molar-refractivity contribution in [1.82, 2.24) is 19.4 Å². The lowest BCUT2D eigenvalue weighted by Crippen LogP contribution is -2.47. The molecule has 0 spiro atoms. The molecule has 3 N–H and O–H groups in total. The Hall–Kier alpha value is -4.10. The number of nitrogens with zero attached hydrogens (tertiary/aromatic N) is 5. The quantitative estimate of drug-likeness (QED) is 0.276. The zero-order valence-corrected chi connectivity index (χ0v) is 23.4. The van der Waals surface area contributed by atoms with E-state index in [4.69, 9.17) is 21.1 Å². The van der Waals surface area contributed by atoms with E-state index in [1.807, 2.05) is 24.3 Å². The second-order valence-corrected chi connectivity index (χ2v) is 11.8. The van der Waals surface area contributed by atoms with Gasteiger partial charge in [0.2, 0.25) is 0 Å². The van der Waals surface area contributed by atoms with Gasteiger partial charge in [0.25, 0.3) is 0 Å². The van der Waals surface area contributed by atoms with Crippen LogP contribution in [0.15, 0.2) is 77.8 Å². The Morgan fingerprint density at radius 1 is 0.902 bits per heavy atom. The Balaban J connectivity index is 1.15. The number of aliphatic imine (C=N–C) groups is 1. The minimum Gasteiger partial charge on any atom is -0.383 e. The van der Waals surface area contributed by atoms with Crippen molar-refractivity contribution in [1.29, 1.82) is 5.41 Å². The van der Waals surface area contributed by atoms with Crippen LogP contribution in [0.1, 0.15) is 49.4 Å². The summed E-state index contributed by atoms with van der Waals surface area (Å²) in [4.78, 5) is 17.2. The zero-order valence-electron chi connectivity index (χ0n) is 23.4. The number of hydrogen-bond donors (Lipinski definition) is 2. The predicted octanol–water partition coefficient (Wildman–Crippen LogP) is 6.09. The summed E-state index contributed by atoms with van der Waals surface area (Å²) in [6, 6.07) is 23.3. The van der Waals surface area contributed by atoms with Crippen LogP contribution in [0.3, 0.4) is 0 Å². The largest absolute Gasteiger partial charge is 0.383 e. The number of hydrogen-bond acceptors (Lipinski definition) is 6. The lowest BCUT2D eigenvalue weighted by Gasteiger charge is -2.42. The minimum atomic E-state index is 0.514. The minimum absolute atomic E-state index is 0.514. The molecule has 0 atom stereocenters. The molecular weight excluding hydrogens is 506 g/mol. The van der Waals surface area contributed by atoms with E-state index in [1.54, 1.807) is 6.21 Å². The molecule has 0 unspecified atom stereocenters. The molecule has 2 aliphatic heterocycles. The van der Waals surface area contributed by atoms with E-state index >= 15 is 0 Å². The average Bonchev–Trinajstić information content (AvgIpc) is 3.38. The molecule has 4 aromatic rings. The molecular formula is C34H37N7. The molecule has 0 bridgehead atoms. The molecule has 0 radical (unpaired) electrons. The number of nitrogens with two attached hydrogens (primary N) is 1. The second-order valence-electron chi connectivity index (χ2n) is 11.8. The van der Waals surface area contributed by atoms with E-state index in [2.05, 4.69) is 63.0 Å². The molecule has 7 heteroatoms.